The van der Waals surface area contributed by atoms with Crippen molar-refractivity contribution in [3.05, 3.63) is 0 Å². The van der Waals surface area contributed by atoms with E-state index in [9.17, 15) is 9.59 Å². The Morgan fingerprint density at radius 1 is 1.16 bits per heavy atom. The molecule has 3 fully saturated rings. The van der Waals surface area contributed by atoms with Gasteiger partial charge in [0.05, 0.1) is 0 Å². The second kappa shape index (κ2) is 8.20. The van der Waals surface area contributed by atoms with Gasteiger partial charge in [0.2, 0.25) is 0 Å². The first-order valence-corrected chi connectivity index (χ1v) is 10.5. The van der Waals surface area contributed by atoms with Crippen LogP contribution in [-0.4, -0.2) is 40.9 Å². The lowest BCUT2D eigenvalue weighted by molar-refractivity contribution is -0.151. The maximum Gasteiger partial charge on any atom is 0.302 e. The van der Waals surface area contributed by atoms with Crippen LogP contribution in [0.5, 0.6) is 0 Å². The molecule has 4 atom stereocenters. The summed E-state index contributed by atoms with van der Waals surface area (Å²) in [5.74, 6) is 0.564. The smallest absolute Gasteiger partial charge is 0.302 e. The Bertz CT molecular complexity index is 492. The summed E-state index contributed by atoms with van der Waals surface area (Å²) in [4.78, 5) is 26.9. The number of piperidine rings is 1. The Hall–Kier alpha value is -0.900. The van der Waals surface area contributed by atoms with Gasteiger partial charge in [0.1, 0.15) is 12.4 Å². The second-order valence-corrected chi connectivity index (χ2v) is 8.48. The van der Waals surface area contributed by atoms with Crippen LogP contribution in [-0.2, 0) is 14.3 Å². The molecule has 1 spiro atoms. The second-order valence-electron chi connectivity index (χ2n) is 8.48. The summed E-state index contributed by atoms with van der Waals surface area (Å²) in [5.41, 5.74) is 0.0772. The van der Waals surface area contributed by atoms with Gasteiger partial charge in [-0.3, -0.25) is 14.5 Å². The molecule has 0 N–H and O–H groups in total. The number of carbonyl (C=O) groups excluding carboxylic acids is 2. The fraction of sp³-hybridized carbons (Fsp3) is 0.905. The van der Waals surface area contributed by atoms with E-state index in [1.807, 2.05) is 0 Å². The predicted octanol–water partition coefficient (Wildman–Crippen LogP) is 4.25. The molecule has 25 heavy (non-hydrogen) atoms. The number of ether oxygens (including phenoxy) is 1. The lowest BCUT2D eigenvalue weighted by atomic mass is 9.65. The van der Waals surface area contributed by atoms with Gasteiger partial charge in [-0.2, -0.15) is 0 Å². The molecule has 0 aromatic heterocycles. The van der Waals surface area contributed by atoms with Crippen molar-refractivity contribution in [2.24, 2.45) is 5.92 Å². The average Bonchev–Trinajstić information content (AvgIpc) is 2.95. The van der Waals surface area contributed by atoms with Crippen LogP contribution in [0.15, 0.2) is 0 Å². The maximum atomic E-state index is 12.9. The summed E-state index contributed by atoms with van der Waals surface area (Å²) < 4.78 is 5.40. The van der Waals surface area contributed by atoms with Gasteiger partial charge in [-0.15, -0.1) is 0 Å². The lowest BCUT2D eigenvalue weighted by Gasteiger charge is -2.55. The fourth-order valence-corrected chi connectivity index (χ4v) is 5.90. The van der Waals surface area contributed by atoms with Crippen LogP contribution in [0.1, 0.15) is 90.9 Å². The SMILES string of the molecule is CCCCCC[C@H]1CC(=O)[C@H]2CCCC[C@@]23CC[C@H](COC(C)=O)N13. The van der Waals surface area contributed by atoms with Gasteiger partial charge in [-0.05, 0) is 32.1 Å². The van der Waals surface area contributed by atoms with Crippen molar-refractivity contribution in [1.29, 1.82) is 0 Å². The van der Waals surface area contributed by atoms with Crippen molar-refractivity contribution in [3.8, 4) is 0 Å². The molecule has 4 nitrogen and oxygen atoms in total. The van der Waals surface area contributed by atoms with E-state index in [0.29, 0.717) is 24.5 Å². The number of hydrogen-bond acceptors (Lipinski definition) is 4. The molecule has 0 unspecified atom stereocenters. The number of Topliss-reactive ketones (excluding diaryl/α,β-unsaturated/α-hetero) is 1. The molecule has 0 aromatic rings. The molecule has 2 heterocycles. The summed E-state index contributed by atoms with van der Waals surface area (Å²) in [5, 5.41) is 0. The molecule has 3 aliphatic rings. The average molecular weight is 350 g/mol. The zero-order valence-corrected chi connectivity index (χ0v) is 16.1. The minimum absolute atomic E-state index is 0.0772. The largest absolute Gasteiger partial charge is 0.464 e. The van der Waals surface area contributed by atoms with E-state index in [1.54, 1.807) is 0 Å². The molecule has 4 heteroatoms. The van der Waals surface area contributed by atoms with Crippen LogP contribution in [0.2, 0.25) is 0 Å². The minimum atomic E-state index is -0.186. The van der Waals surface area contributed by atoms with E-state index in [0.717, 1.165) is 38.5 Å². The number of esters is 1. The highest BCUT2D eigenvalue weighted by atomic mass is 16.5. The van der Waals surface area contributed by atoms with Gasteiger partial charge in [0.15, 0.2) is 0 Å². The molecule has 1 saturated carbocycles. The number of rotatable bonds is 7. The van der Waals surface area contributed by atoms with Gasteiger partial charge in [0, 0.05) is 36.9 Å². The molecule has 1 aliphatic carbocycles. The highest BCUT2D eigenvalue weighted by molar-refractivity contribution is 5.84. The third-order valence-electron chi connectivity index (χ3n) is 6.91. The van der Waals surface area contributed by atoms with Crippen LogP contribution >= 0.6 is 0 Å². The van der Waals surface area contributed by atoms with Gasteiger partial charge in [-0.1, -0.05) is 45.4 Å². The number of carbonyl (C=O) groups is 2. The molecule has 0 radical (unpaired) electrons. The molecular formula is C21H35NO3. The number of hydrogen-bond donors (Lipinski definition) is 0. The number of unbranched alkanes of at least 4 members (excludes halogenated alkanes) is 3. The Kier molecular flexibility index (Phi) is 6.19. The van der Waals surface area contributed by atoms with E-state index in [4.69, 9.17) is 4.74 Å². The number of nitrogens with zero attached hydrogens (tertiary/aromatic N) is 1. The highest BCUT2D eigenvalue weighted by Gasteiger charge is 2.58. The predicted molar refractivity (Wildman–Crippen MR) is 98.4 cm³/mol. The van der Waals surface area contributed by atoms with Gasteiger partial charge < -0.3 is 4.74 Å². The normalized spacial score (nSPS) is 35.3. The maximum absolute atomic E-state index is 12.9. The van der Waals surface area contributed by atoms with Crippen molar-refractivity contribution in [2.75, 3.05) is 6.61 Å². The first-order valence-electron chi connectivity index (χ1n) is 10.5. The van der Waals surface area contributed by atoms with E-state index < -0.39 is 0 Å². The standard InChI is InChI=1S/C21H35NO3/c1-3-4-5-6-9-17-14-20(24)19-10-7-8-12-21(19)13-11-18(22(17)21)15-25-16(2)23/h17-19H,3-15H2,1-2H3/t17-,18+,19+,21+/m0/s1. The highest BCUT2D eigenvalue weighted by Crippen LogP contribution is 2.53. The van der Waals surface area contributed by atoms with Crippen LogP contribution in [0.4, 0.5) is 0 Å². The summed E-state index contributed by atoms with van der Waals surface area (Å²) >= 11 is 0. The molecule has 0 bridgehead atoms. The van der Waals surface area contributed by atoms with Crippen molar-refractivity contribution >= 4 is 11.8 Å². The summed E-state index contributed by atoms with van der Waals surface area (Å²) in [7, 11) is 0. The van der Waals surface area contributed by atoms with Crippen molar-refractivity contribution < 1.29 is 14.3 Å². The van der Waals surface area contributed by atoms with E-state index in [1.165, 1.54) is 45.4 Å². The first-order chi connectivity index (χ1) is 12.1. The van der Waals surface area contributed by atoms with Crippen LogP contribution < -0.4 is 0 Å². The molecule has 2 aliphatic heterocycles. The molecule has 0 aromatic carbocycles. The Labute approximate surface area is 152 Å². The van der Waals surface area contributed by atoms with Crippen molar-refractivity contribution in [2.45, 2.75) is 109 Å². The van der Waals surface area contributed by atoms with E-state index in [2.05, 4.69) is 11.8 Å². The Morgan fingerprint density at radius 2 is 2.00 bits per heavy atom. The van der Waals surface area contributed by atoms with Crippen LogP contribution in [0.3, 0.4) is 0 Å². The molecule has 3 rings (SSSR count). The monoisotopic (exact) mass is 349 g/mol. The third-order valence-corrected chi connectivity index (χ3v) is 6.91. The zero-order chi connectivity index (χ0) is 17.9. The third kappa shape index (κ3) is 3.79. The molecule has 2 saturated heterocycles. The van der Waals surface area contributed by atoms with E-state index >= 15 is 0 Å². The summed E-state index contributed by atoms with van der Waals surface area (Å²) in [6.45, 7) is 4.24. The van der Waals surface area contributed by atoms with Crippen molar-refractivity contribution in [3.63, 3.8) is 0 Å². The lowest BCUT2D eigenvalue weighted by Crippen LogP contribution is -2.64. The van der Waals surface area contributed by atoms with Gasteiger partial charge in [0.25, 0.3) is 0 Å². The Morgan fingerprint density at radius 3 is 2.76 bits per heavy atom. The molecule has 142 valence electrons. The first kappa shape index (κ1) is 18.9. The number of ketones is 1. The molecule has 0 amide bonds. The Balaban J connectivity index is 1.77. The topological polar surface area (TPSA) is 46.6 Å². The van der Waals surface area contributed by atoms with Crippen LogP contribution in [0, 0.1) is 5.92 Å². The summed E-state index contributed by atoms with van der Waals surface area (Å²) in [6, 6.07) is 0.676. The van der Waals surface area contributed by atoms with Gasteiger partial charge in [-0.25, -0.2) is 0 Å². The summed E-state index contributed by atoms with van der Waals surface area (Å²) in [6.07, 6.45) is 13.7. The van der Waals surface area contributed by atoms with Crippen molar-refractivity contribution in [1.82, 2.24) is 4.90 Å². The zero-order valence-electron chi connectivity index (χ0n) is 16.1. The molecular weight excluding hydrogens is 314 g/mol. The fourth-order valence-electron chi connectivity index (χ4n) is 5.90. The quantitative estimate of drug-likeness (QED) is 0.509. The van der Waals surface area contributed by atoms with Gasteiger partial charge >= 0.3 is 5.97 Å². The minimum Gasteiger partial charge on any atom is -0.464 e. The van der Waals surface area contributed by atoms with Crippen LogP contribution in [0.25, 0.3) is 0 Å². The van der Waals surface area contributed by atoms with E-state index in [-0.39, 0.29) is 17.4 Å².